The fourth-order valence-electron chi connectivity index (χ4n) is 4.08. The fourth-order valence-corrected chi connectivity index (χ4v) is 4.08. The van der Waals surface area contributed by atoms with Gasteiger partial charge in [-0.05, 0) is 11.1 Å². The summed E-state index contributed by atoms with van der Waals surface area (Å²) in [5, 5.41) is 3.03. The Hall–Kier alpha value is -3.44. The first kappa shape index (κ1) is 19.9. The van der Waals surface area contributed by atoms with Crippen LogP contribution in [0, 0.1) is 0 Å². The first-order valence-corrected chi connectivity index (χ1v) is 10.2. The van der Waals surface area contributed by atoms with E-state index in [0.29, 0.717) is 13.1 Å². The Morgan fingerprint density at radius 3 is 1.93 bits per heavy atom. The lowest BCUT2D eigenvalue weighted by Crippen LogP contribution is -3.09. The van der Waals surface area contributed by atoms with E-state index in [1.54, 1.807) is 0 Å². The van der Waals surface area contributed by atoms with E-state index in [2.05, 4.69) is 17.4 Å². The van der Waals surface area contributed by atoms with Gasteiger partial charge in [-0.1, -0.05) is 91.0 Å². The number of hydrogen-bond donors (Lipinski definition) is 2. The summed E-state index contributed by atoms with van der Waals surface area (Å²) in [5.74, 6) is -0.199. The number of nitrogens with one attached hydrogen (secondary N) is 2. The number of benzene rings is 3. The van der Waals surface area contributed by atoms with Gasteiger partial charge in [0.1, 0.15) is 6.54 Å². The van der Waals surface area contributed by atoms with E-state index in [0.717, 1.165) is 22.6 Å². The zero-order valence-corrected chi connectivity index (χ0v) is 17.0. The normalized spacial score (nSPS) is 19.6. The molecular weight excluding hydrogens is 374 g/mol. The molecule has 30 heavy (non-hydrogen) atoms. The lowest BCUT2D eigenvalue weighted by atomic mass is 9.83. The van der Waals surface area contributed by atoms with Crippen molar-refractivity contribution in [2.45, 2.75) is 18.5 Å². The Morgan fingerprint density at radius 1 is 0.800 bits per heavy atom. The largest absolute Gasteiger partial charge is 0.329 e. The summed E-state index contributed by atoms with van der Waals surface area (Å²) in [5.41, 5.74) is 1.88. The molecule has 1 aliphatic heterocycles. The molecule has 4 rings (SSSR count). The van der Waals surface area contributed by atoms with Crippen molar-refractivity contribution in [3.8, 4) is 0 Å². The minimum Gasteiger partial charge on any atom is -0.319 e. The van der Waals surface area contributed by atoms with E-state index in [9.17, 15) is 9.59 Å². The van der Waals surface area contributed by atoms with Crippen LogP contribution in [0.4, 0.5) is 4.79 Å². The highest BCUT2D eigenvalue weighted by Crippen LogP contribution is 2.32. The van der Waals surface area contributed by atoms with Crippen LogP contribution in [0.1, 0.15) is 16.7 Å². The van der Waals surface area contributed by atoms with Crippen molar-refractivity contribution in [1.29, 1.82) is 0 Å². The SMILES string of the molecule is C[NH+](Cc1ccccc1)CN1C(=O)N[C@@](Cc2ccccc2)(c2ccccc2)C1=O. The van der Waals surface area contributed by atoms with Gasteiger partial charge in [-0.2, -0.15) is 0 Å². The van der Waals surface area contributed by atoms with Gasteiger partial charge in [-0.15, -0.1) is 0 Å². The molecule has 2 N–H and O–H groups in total. The first-order chi connectivity index (χ1) is 14.6. The molecule has 3 aromatic rings. The molecule has 5 nitrogen and oxygen atoms in total. The molecule has 0 aromatic heterocycles. The third-order valence-corrected chi connectivity index (χ3v) is 5.53. The zero-order chi connectivity index (χ0) is 21.0. The number of carbonyl (C=O) groups is 2. The summed E-state index contributed by atoms with van der Waals surface area (Å²) >= 11 is 0. The van der Waals surface area contributed by atoms with Crippen molar-refractivity contribution in [3.05, 3.63) is 108 Å². The summed E-state index contributed by atoms with van der Waals surface area (Å²) in [6.07, 6.45) is 0.413. The van der Waals surface area contributed by atoms with Gasteiger partial charge in [-0.3, -0.25) is 4.79 Å². The highest BCUT2D eigenvalue weighted by atomic mass is 16.2. The number of carbonyl (C=O) groups excluding carboxylic acids is 2. The van der Waals surface area contributed by atoms with Gasteiger partial charge in [0, 0.05) is 12.0 Å². The smallest absolute Gasteiger partial charge is 0.319 e. The van der Waals surface area contributed by atoms with Crippen molar-refractivity contribution in [3.63, 3.8) is 0 Å². The van der Waals surface area contributed by atoms with E-state index in [1.165, 1.54) is 10.5 Å². The van der Waals surface area contributed by atoms with Gasteiger partial charge in [0.25, 0.3) is 5.91 Å². The fraction of sp³-hybridized carbons (Fsp3) is 0.200. The Bertz CT molecular complexity index is 1010. The van der Waals surface area contributed by atoms with Crippen molar-refractivity contribution < 1.29 is 14.5 Å². The minimum absolute atomic E-state index is 0.199. The predicted molar refractivity (Wildman–Crippen MR) is 116 cm³/mol. The molecule has 5 heteroatoms. The molecule has 1 saturated heterocycles. The Labute approximate surface area is 176 Å². The maximum absolute atomic E-state index is 13.7. The highest BCUT2D eigenvalue weighted by Gasteiger charge is 2.53. The van der Waals surface area contributed by atoms with Crippen LogP contribution in [0.3, 0.4) is 0 Å². The number of nitrogens with zero attached hydrogens (tertiary/aromatic N) is 1. The number of hydrogen-bond acceptors (Lipinski definition) is 2. The molecular formula is C25H26N3O2+. The Morgan fingerprint density at radius 2 is 1.33 bits per heavy atom. The van der Waals surface area contributed by atoms with Crippen LogP contribution >= 0.6 is 0 Å². The molecule has 152 valence electrons. The first-order valence-electron chi connectivity index (χ1n) is 10.2. The molecule has 0 spiro atoms. The van der Waals surface area contributed by atoms with Crippen LogP contribution in [-0.4, -0.2) is 30.6 Å². The van der Waals surface area contributed by atoms with E-state index in [4.69, 9.17) is 0 Å². The zero-order valence-electron chi connectivity index (χ0n) is 17.0. The molecule has 1 fully saturated rings. The van der Waals surface area contributed by atoms with Crippen LogP contribution in [0.5, 0.6) is 0 Å². The standard InChI is InChI=1S/C25H25N3O2/c1-27(18-21-13-7-3-8-14-21)19-28-23(29)25(26-24(28)30,22-15-9-4-10-16-22)17-20-11-5-2-6-12-20/h2-16H,17-19H2,1H3,(H,26,30)/p+1/t25-/m0/s1. The van der Waals surface area contributed by atoms with Gasteiger partial charge < -0.3 is 10.2 Å². The van der Waals surface area contributed by atoms with E-state index < -0.39 is 5.54 Å². The maximum Gasteiger partial charge on any atom is 0.329 e. The van der Waals surface area contributed by atoms with Crippen LogP contribution in [-0.2, 0) is 23.3 Å². The summed E-state index contributed by atoms with van der Waals surface area (Å²) < 4.78 is 0. The van der Waals surface area contributed by atoms with E-state index in [-0.39, 0.29) is 11.9 Å². The number of quaternary nitrogens is 1. The van der Waals surface area contributed by atoms with Gasteiger partial charge >= 0.3 is 6.03 Å². The number of rotatable bonds is 7. The van der Waals surface area contributed by atoms with Crippen LogP contribution in [0.15, 0.2) is 91.0 Å². The highest BCUT2D eigenvalue weighted by molar-refractivity contribution is 6.07. The lowest BCUT2D eigenvalue weighted by Gasteiger charge is -2.28. The van der Waals surface area contributed by atoms with Crippen molar-refractivity contribution in [2.75, 3.05) is 13.7 Å². The van der Waals surface area contributed by atoms with Crippen LogP contribution < -0.4 is 10.2 Å². The molecule has 3 amide bonds. The Kier molecular flexibility index (Phi) is 5.63. The summed E-state index contributed by atoms with van der Waals surface area (Å²) in [4.78, 5) is 29.0. The second kappa shape index (κ2) is 8.51. The van der Waals surface area contributed by atoms with Gasteiger partial charge in [0.2, 0.25) is 0 Å². The molecule has 0 saturated carbocycles. The molecule has 2 atom stereocenters. The second-order valence-corrected chi connectivity index (χ2v) is 7.87. The Balaban J connectivity index is 1.60. The van der Waals surface area contributed by atoms with Crippen LogP contribution in [0.2, 0.25) is 0 Å². The lowest BCUT2D eigenvalue weighted by molar-refractivity contribution is -0.901. The molecule has 0 bridgehead atoms. The van der Waals surface area contributed by atoms with Crippen molar-refractivity contribution >= 4 is 11.9 Å². The van der Waals surface area contributed by atoms with E-state index >= 15 is 0 Å². The quantitative estimate of drug-likeness (QED) is 0.598. The molecule has 1 heterocycles. The maximum atomic E-state index is 13.7. The van der Waals surface area contributed by atoms with Crippen LogP contribution in [0.25, 0.3) is 0 Å². The third kappa shape index (κ3) is 3.98. The average Bonchev–Trinajstić information content (AvgIpc) is 3.01. The van der Waals surface area contributed by atoms with Gasteiger partial charge in [0.15, 0.2) is 12.2 Å². The van der Waals surface area contributed by atoms with Gasteiger partial charge in [0.05, 0.1) is 7.05 Å². The topological polar surface area (TPSA) is 53.9 Å². The summed E-state index contributed by atoms with van der Waals surface area (Å²) in [6.45, 7) is 1.04. The average molecular weight is 401 g/mol. The molecule has 1 aliphatic rings. The third-order valence-electron chi connectivity index (χ3n) is 5.53. The monoisotopic (exact) mass is 400 g/mol. The number of urea groups is 1. The minimum atomic E-state index is -1.09. The molecule has 1 unspecified atom stereocenters. The van der Waals surface area contributed by atoms with E-state index in [1.807, 2.05) is 85.9 Å². The number of imide groups is 1. The molecule has 0 radical (unpaired) electrons. The summed E-state index contributed by atoms with van der Waals surface area (Å²) in [6, 6.07) is 29.1. The summed E-state index contributed by atoms with van der Waals surface area (Å²) in [7, 11) is 1.99. The second-order valence-electron chi connectivity index (χ2n) is 7.87. The number of amides is 3. The predicted octanol–water partition coefficient (Wildman–Crippen LogP) is 2.35. The molecule has 0 aliphatic carbocycles. The van der Waals surface area contributed by atoms with Gasteiger partial charge in [-0.25, -0.2) is 9.69 Å². The van der Waals surface area contributed by atoms with Crippen molar-refractivity contribution in [2.24, 2.45) is 0 Å². The van der Waals surface area contributed by atoms with Crippen molar-refractivity contribution in [1.82, 2.24) is 10.2 Å². The molecule has 3 aromatic carbocycles.